The van der Waals surface area contributed by atoms with E-state index >= 15 is 0 Å². The van der Waals surface area contributed by atoms with Crippen LogP contribution >= 0.6 is 15.9 Å². The Balaban J connectivity index is 3.37. The Morgan fingerprint density at radius 1 is 1.62 bits per heavy atom. The van der Waals surface area contributed by atoms with Gasteiger partial charge in [-0.1, -0.05) is 0 Å². The minimum Gasteiger partial charge on any atom is -0.506 e. The van der Waals surface area contributed by atoms with Crippen LogP contribution in [0, 0.1) is 11.6 Å². The number of benzene rings is 1. The maximum absolute atomic E-state index is 13.3. The highest BCUT2D eigenvalue weighted by Crippen LogP contribution is 2.35. The lowest BCUT2D eigenvalue weighted by molar-refractivity contribution is -0.142. The van der Waals surface area contributed by atoms with Crippen molar-refractivity contribution in [2.24, 2.45) is 5.73 Å². The van der Waals surface area contributed by atoms with Crippen LogP contribution in [0.25, 0.3) is 0 Å². The Morgan fingerprint density at radius 2 is 2.19 bits per heavy atom. The molecule has 0 spiro atoms. The first-order valence-electron chi connectivity index (χ1n) is 4.10. The average Bonchev–Trinajstić information content (AvgIpc) is 2.25. The first kappa shape index (κ1) is 12.9. The van der Waals surface area contributed by atoms with Crippen LogP contribution < -0.4 is 5.73 Å². The van der Waals surface area contributed by atoms with Gasteiger partial charge in [0.2, 0.25) is 0 Å². The van der Waals surface area contributed by atoms with E-state index in [1.165, 1.54) is 0 Å². The summed E-state index contributed by atoms with van der Waals surface area (Å²) in [6.07, 6.45) is 0. The van der Waals surface area contributed by atoms with E-state index in [2.05, 4.69) is 20.7 Å². The Hall–Kier alpha value is -1.21. The van der Waals surface area contributed by atoms with Gasteiger partial charge in [0.05, 0.1) is 17.1 Å². The number of carbonyl (C=O) groups excluding carboxylic acids is 1. The second-order valence-corrected chi connectivity index (χ2v) is 3.77. The zero-order valence-electron chi connectivity index (χ0n) is 8.13. The third-order valence-corrected chi connectivity index (χ3v) is 2.55. The Labute approximate surface area is 98.1 Å². The van der Waals surface area contributed by atoms with Crippen molar-refractivity contribution in [1.82, 2.24) is 0 Å². The van der Waals surface area contributed by atoms with E-state index in [-0.39, 0.29) is 4.47 Å². The van der Waals surface area contributed by atoms with E-state index in [4.69, 9.17) is 5.73 Å². The molecule has 7 heteroatoms. The third-order valence-electron chi connectivity index (χ3n) is 1.95. The highest BCUT2D eigenvalue weighted by molar-refractivity contribution is 9.10. The van der Waals surface area contributed by atoms with Gasteiger partial charge in [-0.3, -0.25) is 4.79 Å². The summed E-state index contributed by atoms with van der Waals surface area (Å²) in [4.78, 5) is 11.1. The summed E-state index contributed by atoms with van der Waals surface area (Å²) in [5.74, 6) is -4.21. The van der Waals surface area contributed by atoms with E-state index in [1.807, 2.05) is 0 Å². The molecule has 1 atom stereocenters. The molecule has 0 amide bonds. The van der Waals surface area contributed by atoms with Crippen molar-refractivity contribution >= 4 is 21.9 Å². The lowest BCUT2D eigenvalue weighted by Crippen LogP contribution is -2.24. The maximum atomic E-state index is 13.3. The lowest BCUT2D eigenvalue weighted by Gasteiger charge is -2.13. The number of esters is 1. The quantitative estimate of drug-likeness (QED) is 0.642. The van der Waals surface area contributed by atoms with Crippen molar-refractivity contribution in [2.45, 2.75) is 6.04 Å². The molecule has 3 N–H and O–H groups in total. The zero-order valence-corrected chi connectivity index (χ0v) is 9.72. The molecule has 0 aromatic heterocycles. The van der Waals surface area contributed by atoms with Crippen molar-refractivity contribution < 1.29 is 23.4 Å². The fourth-order valence-corrected chi connectivity index (χ4v) is 1.55. The van der Waals surface area contributed by atoms with Crippen molar-refractivity contribution in [1.29, 1.82) is 0 Å². The van der Waals surface area contributed by atoms with Crippen LogP contribution in [-0.2, 0) is 9.53 Å². The van der Waals surface area contributed by atoms with Gasteiger partial charge in [-0.2, -0.15) is 0 Å². The summed E-state index contributed by atoms with van der Waals surface area (Å²) in [5, 5.41) is 9.48. The van der Waals surface area contributed by atoms with Crippen LogP contribution in [0.4, 0.5) is 8.78 Å². The second kappa shape index (κ2) is 4.75. The molecule has 88 valence electrons. The van der Waals surface area contributed by atoms with E-state index in [1.54, 1.807) is 0 Å². The van der Waals surface area contributed by atoms with E-state index in [0.29, 0.717) is 0 Å². The number of nitrogens with two attached hydrogens (primary N) is 1. The van der Waals surface area contributed by atoms with Crippen LogP contribution in [0.15, 0.2) is 10.5 Å². The molecular formula is C9H8BrF2NO3. The number of rotatable bonds is 2. The minimum atomic E-state index is -1.59. The van der Waals surface area contributed by atoms with Crippen molar-refractivity contribution in [2.75, 3.05) is 7.11 Å². The average molecular weight is 296 g/mol. The van der Waals surface area contributed by atoms with E-state index in [9.17, 15) is 18.7 Å². The summed E-state index contributed by atoms with van der Waals surface area (Å²) in [6, 6.07) is -0.852. The molecule has 16 heavy (non-hydrogen) atoms. The summed E-state index contributed by atoms with van der Waals surface area (Å²) in [5.41, 5.74) is 4.69. The summed E-state index contributed by atoms with van der Waals surface area (Å²) >= 11 is 2.81. The van der Waals surface area contributed by atoms with Crippen LogP contribution in [0.3, 0.4) is 0 Å². The molecule has 0 radical (unpaired) electrons. The largest absolute Gasteiger partial charge is 0.506 e. The zero-order chi connectivity index (χ0) is 12.5. The van der Waals surface area contributed by atoms with Gasteiger partial charge >= 0.3 is 5.97 Å². The van der Waals surface area contributed by atoms with Gasteiger partial charge in [-0.15, -0.1) is 0 Å². The van der Waals surface area contributed by atoms with Crippen LogP contribution in [-0.4, -0.2) is 18.2 Å². The Bertz CT molecular complexity index is 413. The first-order valence-corrected chi connectivity index (χ1v) is 4.89. The van der Waals surface area contributed by atoms with Gasteiger partial charge in [0.15, 0.2) is 11.6 Å². The summed E-state index contributed by atoms with van der Waals surface area (Å²) < 4.78 is 30.6. The smallest absolute Gasteiger partial charge is 0.327 e. The third kappa shape index (κ3) is 2.14. The molecule has 0 fully saturated rings. The number of aromatic hydroxyl groups is 1. The van der Waals surface area contributed by atoms with Gasteiger partial charge in [0, 0.05) is 0 Å². The van der Waals surface area contributed by atoms with Crippen LogP contribution in [0.5, 0.6) is 5.75 Å². The molecule has 4 nitrogen and oxygen atoms in total. The number of phenols is 1. The molecule has 1 rings (SSSR count). The van der Waals surface area contributed by atoms with E-state index in [0.717, 1.165) is 13.2 Å². The second-order valence-electron chi connectivity index (χ2n) is 2.92. The van der Waals surface area contributed by atoms with Gasteiger partial charge in [0.1, 0.15) is 11.8 Å². The number of ether oxygens (including phenoxy) is 1. The Kier molecular flexibility index (Phi) is 3.82. The summed E-state index contributed by atoms with van der Waals surface area (Å²) in [7, 11) is 1.05. The molecule has 0 aliphatic carbocycles. The fraction of sp³-hybridized carbons (Fsp3) is 0.222. The highest BCUT2D eigenvalue weighted by Gasteiger charge is 2.27. The van der Waals surface area contributed by atoms with Crippen LogP contribution in [0.2, 0.25) is 0 Å². The maximum Gasteiger partial charge on any atom is 0.327 e. The lowest BCUT2D eigenvalue weighted by atomic mass is 10.1. The van der Waals surface area contributed by atoms with Crippen molar-refractivity contribution in [3.8, 4) is 5.75 Å². The molecule has 0 saturated carbocycles. The molecule has 1 aromatic rings. The Morgan fingerprint density at radius 3 is 2.69 bits per heavy atom. The fourth-order valence-electron chi connectivity index (χ4n) is 1.13. The minimum absolute atomic E-state index is 0.0965. The van der Waals surface area contributed by atoms with Crippen LogP contribution in [0.1, 0.15) is 11.6 Å². The standard InChI is InChI=1S/C9H8BrF2NO3/c1-16-9(15)7(13)5-6(12)4(11)2-3(10)8(5)14/h2,7,14H,13H2,1H3/t7-/m1/s1. The number of methoxy groups -OCH3 is 1. The number of hydrogen-bond donors (Lipinski definition) is 2. The van der Waals surface area contributed by atoms with Crippen molar-refractivity contribution in [3.63, 3.8) is 0 Å². The molecular weight excluding hydrogens is 288 g/mol. The number of phenolic OH excluding ortho intramolecular Hbond substituents is 1. The molecule has 0 aliphatic rings. The first-order chi connectivity index (χ1) is 7.40. The molecule has 1 aromatic carbocycles. The topological polar surface area (TPSA) is 72.5 Å². The predicted molar refractivity (Wildman–Crippen MR) is 54.7 cm³/mol. The molecule has 0 saturated heterocycles. The molecule has 0 unspecified atom stereocenters. The molecule has 0 heterocycles. The SMILES string of the molecule is COC(=O)[C@H](N)c1c(O)c(Br)cc(F)c1F. The number of halogens is 3. The number of carbonyl (C=O) groups is 1. The number of hydrogen-bond acceptors (Lipinski definition) is 4. The van der Waals surface area contributed by atoms with E-state index < -0.39 is 35.0 Å². The van der Waals surface area contributed by atoms with Gasteiger partial charge in [0.25, 0.3) is 0 Å². The van der Waals surface area contributed by atoms with Gasteiger partial charge in [-0.25, -0.2) is 8.78 Å². The van der Waals surface area contributed by atoms with Crippen molar-refractivity contribution in [3.05, 3.63) is 27.7 Å². The normalized spacial score (nSPS) is 12.3. The predicted octanol–water partition coefficient (Wildman–Crippen LogP) is 1.61. The highest BCUT2D eigenvalue weighted by atomic mass is 79.9. The van der Waals surface area contributed by atoms with Gasteiger partial charge < -0.3 is 15.6 Å². The summed E-state index contributed by atoms with van der Waals surface area (Å²) in [6.45, 7) is 0. The molecule has 0 aliphatic heterocycles. The van der Waals surface area contributed by atoms with Gasteiger partial charge in [-0.05, 0) is 22.0 Å². The monoisotopic (exact) mass is 295 g/mol. The molecule has 0 bridgehead atoms.